The van der Waals surface area contributed by atoms with E-state index in [9.17, 15) is 14.4 Å². The zero-order chi connectivity index (χ0) is 45.2. The predicted octanol–water partition coefficient (Wildman–Crippen LogP) is 10.6. The van der Waals surface area contributed by atoms with Crippen molar-refractivity contribution in [2.24, 2.45) is 5.92 Å². The van der Waals surface area contributed by atoms with Gasteiger partial charge in [-0.2, -0.15) is 0 Å². The molecule has 0 aliphatic rings. The number of hydrogen-bond donors (Lipinski definition) is 1. The van der Waals surface area contributed by atoms with Gasteiger partial charge < -0.3 is 24.1 Å². The minimum absolute atomic E-state index is 0.0682. The van der Waals surface area contributed by atoms with Crippen molar-refractivity contribution in [1.82, 2.24) is 10.2 Å². The van der Waals surface area contributed by atoms with Gasteiger partial charge in [0, 0.05) is 18.9 Å². The monoisotopic (exact) mass is 872 g/mol. The van der Waals surface area contributed by atoms with Crippen LogP contribution in [0.4, 0.5) is 14.0 Å². The van der Waals surface area contributed by atoms with Crippen molar-refractivity contribution >= 4 is 36.7 Å². The van der Waals surface area contributed by atoms with E-state index in [0.717, 1.165) is 27.1 Å². The van der Waals surface area contributed by atoms with E-state index in [1.807, 2.05) is 127 Å². The maximum atomic E-state index is 16.5. The number of methoxy groups -OCH3 is 1. The highest BCUT2D eigenvalue weighted by molar-refractivity contribution is 6.99. The maximum Gasteiger partial charge on any atom is 0.410 e. The molecule has 0 spiro atoms. The molecule has 0 saturated heterocycles. The first-order chi connectivity index (χ1) is 30.3. The van der Waals surface area contributed by atoms with E-state index in [4.69, 9.17) is 13.9 Å². The largest absolute Gasteiger partial charge is 0.453 e. The summed E-state index contributed by atoms with van der Waals surface area (Å²) in [5.41, 5.74) is 2.53. The Morgan fingerprint density at radius 2 is 1.17 bits per heavy atom. The molecule has 0 bridgehead atoms. The van der Waals surface area contributed by atoms with E-state index >= 15 is 4.39 Å². The van der Waals surface area contributed by atoms with Crippen LogP contribution in [0.25, 0.3) is 0 Å². The summed E-state index contributed by atoms with van der Waals surface area (Å²) >= 11 is 0. The van der Waals surface area contributed by atoms with Gasteiger partial charge in [-0.15, -0.1) is 0 Å². The van der Waals surface area contributed by atoms with Crippen molar-refractivity contribution in [3.63, 3.8) is 0 Å². The lowest BCUT2D eigenvalue weighted by Crippen LogP contribution is -2.67. The number of benzene rings is 5. The molecule has 1 N–H and O–H groups in total. The number of Topliss-reactive ketones (excluding diaryl/α,β-unsaturated/α-hetero) is 1. The number of halogens is 1. The fraction of sp³-hybridized carbons (Fsp3) is 0.377. The Hall–Kier alpha value is -5.58. The van der Waals surface area contributed by atoms with E-state index in [0.29, 0.717) is 13.0 Å². The number of ketones is 1. The summed E-state index contributed by atoms with van der Waals surface area (Å²) in [6.07, 6.45) is -1.75. The van der Waals surface area contributed by atoms with Gasteiger partial charge in [0.05, 0.1) is 19.8 Å². The minimum Gasteiger partial charge on any atom is -0.453 e. The third-order valence-electron chi connectivity index (χ3n) is 11.7. The van der Waals surface area contributed by atoms with Gasteiger partial charge >= 0.3 is 12.2 Å². The lowest BCUT2D eigenvalue weighted by molar-refractivity contribution is -0.121. The highest BCUT2D eigenvalue weighted by atomic mass is 28.4. The Morgan fingerprint density at radius 3 is 1.65 bits per heavy atom. The van der Waals surface area contributed by atoms with Gasteiger partial charge in [0.1, 0.15) is 18.8 Å². The number of amides is 2. The highest BCUT2D eigenvalue weighted by Gasteiger charge is 2.50. The van der Waals surface area contributed by atoms with Crippen molar-refractivity contribution in [2.45, 2.75) is 103 Å². The molecule has 5 rings (SSSR count). The molecule has 0 radical (unpaired) electrons. The molecular formula is C53H65FN2O6Si. The van der Waals surface area contributed by atoms with Crippen molar-refractivity contribution in [3.8, 4) is 0 Å². The fourth-order valence-corrected chi connectivity index (χ4v) is 12.9. The first kappa shape index (κ1) is 48.4. The third kappa shape index (κ3) is 13.5. The van der Waals surface area contributed by atoms with Crippen molar-refractivity contribution in [3.05, 3.63) is 168 Å². The standard InChI is InChI=1S/C53H65FN2O6Si/c1-40(2)36-37-56(52(59)61-38-41-22-12-7-13-23-41)45(39-62-63(53(3,4)5,46-28-18-10-19-29-46)47-30-20-11-21-31-47)34-32-44(54)33-35-48(57)50(55-51(58)60-6)49(42-24-14-8-15-25-42)43-26-16-9-17-27-43/h7-31,40,44-45,49-50H,32-39H2,1-6H3,(H,55,58)/t44?,45-,50+/m0/s1. The Morgan fingerprint density at radius 1 is 0.683 bits per heavy atom. The summed E-state index contributed by atoms with van der Waals surface area (Å²) in [4.78, 5) is 42.9. The van der Waals surface area contributed by atoms with E-state index in [1.165, 1.54) is 7.11 Å². The van der Waals surface area contributed by atoms with E-state index in [-0.39, 0.29) is 55.6 Å². The van der Waals surface area contributed by atoms with Crippen LogP contribution in [-0.2, 0) is 25.3 Å². The summed E-state index contributed by atoms with van der Waals surface area (Å²) in [6, 6.07) is 47.6. The smallest absolute Gasteiger partial charge is 0.410 e. The van der Waals surface area contributed by atoms with Crippen LogP contribution in [0.5, 0.6) is 0 Å². The molecule has 8 nitrogen and oxygen atoms in total. The predicted molar refractivity (Wildman–Crippen MR) is 253 cm³/mol. The molecule has 63 heavy (non-hydrogen) atoms. The number of hydrogen-bond acceptors (Lipinski definition) is 6. The molecule has 0 aliphatic carbocycles. The average molecular weight is 873 g/mol. The molecule has 0 aromatic heterocycles. The van der Waals surface area contributed by atoms with Crippen LogP contribution in [-0.4, -0.2) is 69.7 Å². The topological polar surface area (TPSA) is 94.2 Å². The third-order valence-corrected chi connectivity index (χ3v) is 16.7. The summed E-state index contributed by atoms with van der Waals surface area (Å²) in [7, 11) is -1.80. The molecule has 2 amide bonds. The summed E-state index contributed by atoms with van der Waals surface area (Å²) in [5.74, 6) is -0.554. The fourth-order valence-electron chi connectivity index (χ4n) is 8.34. The Labute approximate surface area is 375 Å². The van der Waals surface area contributed by atoms with Crippen LogP contribution in [0.1, 0.15) is 89.3 Å². The Bertz CT molecular complexity index is 2040. The van der Waals surface area contributed by atoms with Crippen LogP contribution < -0.4 is 15.7 Å². The number of rotatable bonds is 22. The van der Waals surface area contributed by atoms with Crippen LogP contribution in [0, 0.1) is 5.92 Å². The second-order valence-electron chi connectivity index (χ2n) is 17.6. The SMILES string of the molecule is COC(=O)N[C@H](C(=O)CCC(F)CC[C@@H](CO[Si](c1ccccc1)(c1ccccc1)C(C)(C)C)N(CCC(C)C)C(=O)OCc1ccccc1)C(c1ccccc1)c1ccccc1. The van der Waals surface area contributed by atoms with Gasteiger partial charge in [0.25, 0.3) is 8.32 Å². The molecule has 334 valence electrons. The summed E-state index contributed by atoms with van der Waals surface area (Å²) in [6.45, 7) is 11.5. The summed E-state index contributed by atoms with van der Waals surface area (Å²) in [5, 5.41) is 4.65. The van der Waals surface area contributed by atoms with Gasteiger partial charge in [-0.05, 0) is 63.7 Å². The van der Waals surface area contributed by atoms with Crippen LogP contribution in [0.3, 0.4) is 0 Å². The maximum absolute atomic E-state index is 16.5. The number of carbonyl (C=O) groups is 3. The molecule has 10 heteroatoms. The van der Waals surface area contributed by atoms with Crippen molar-refractivity contribution in [2.75, 3.05) is 20.3 Å². The zero-order valence-corrected chi connectivity index (χ0v) is 38.8. The van der Waals surface area contributed by atoms with Crippen LogP contribution in [0.2, 0.25) is 5.04 Å². The lowest BCUT2D eigenvalue weighted by Gasteiger charge is -2.44. The van der Waals surface area contributed by atoms with Gasteiger partial charge in [0.15, 0.2) is 5.78 Å². The molecule has 5 aromatic rings. The minimum atomic E-state index is -3.05. The molecule has 0 aliphatic heterocycles. The van der Waals surface area contributed by atoms with Gasteiger partial charge in [-0.25, -0.2) is 14.0 Å². The summed E-state index contributed by atoms with van der Waals surface area (Å²) < 4.78 is 34.8. The second-order valence-corrected chi connectivity index (χ2v) is 21.9. The van der Waals surface area contributed by atoms with Crippen LogP contribution in [0.15, 0.2) is 152 Å². The molecule has 3 atom stereocenters. The molecule has 1 unspecified atom stereocenters. The number of alkyl halides is 1. The molecular weight excluding hydrogens is 808 g/mol. The Balaban J connectivity index is 1.43. The van der Waals surface area contributed by atoms with E-state index < -0.39 is 44.7 Å². The van der Waals surface area contributed by atoms with Crippen molar-refractivity contribution in [1.29, 1.82) is 0 Å². The lowest BCUT2D eigenvalue weighted by atomic mass is 9.82. The normalized spacial score (nSPS) is 13.2. The van der Waals surface area contributed by atoms with Crippen LogP contribution >= 0.6 is 0 Å². The van der Waals surface area contributed by atoms with Gasteiger partial charge in [-0.1, -0.05) is 186 Å². The molecule has 5 aromatic carbocycles. The number of nitrogens with zero attached hydrogens (tertiary/aromatic N) is 1. The van der Waals surface area contributed by atoms with Gasteiger partial charge in [0.2, 0.25) is 0 Å². The zero-order valence-electron chi connectivity index (χ0n) is 37.8. The molecule has 0 fully saturated rings. The van der Waals surface area contributed by atoms with Gasteiger partial charge in [-0.3, -0.25) is 4.79 Å². The number of carbonyl (C=O) groups excluding carboxylic acids is 3. The van der Waals surface area contributed by atoms with E-state index in [2.05, 4.69) is 64.2 Å². The first-order valence-electron chi connectivity index (χ1n) is 22.2. The number of ether oxygens (including phenoxy) is 2. The first-order valence-corrected chi connectivity index (χ1v) is 24.1. The number of nitrogens with one attached hydrogen (secondary N) is 1. The highest BCUT2D eigenvalue weighted by Crippen LogP contribution is 2.37. The molecule has 0 saturated carbocycles. The second kappa shape index (κ2) is 23.7. The number of alkyl carbamates (subject to hydrolysis) is 1. The van der Waals surface area contributed by atoms with E-state index in [1.54, 1.807) is 4.90 Å². The average Bonchev–Trinajstić information content (AvgIpc) is 3.30. The quantitative estimate of drug-likeness (QED) is 0.0696. The Kier molecular flexibility index (Phi) is 18.3. The van der Waals surface area contributed by atoms with Crippen molar-refractivity contribution < 1.29 is 32.7 Å². The molecule has 0 heterocycles.